The smallest absolute Gasteiger partial charge is 0.410 e. The highest BCUT2D eigenvalue weighted by molar-refractivity contribution is 5.84. The summed E-state index contributed by atoms with van der Waals surface area (Å²) in [5.41, 5.74) is 6.18. The molecule has 2 aromatic heterocycles. The molecule has 224 valence electrons. The fourth-order valence-corrected chi connectivity index (χ4v) is 6.10. The summed E-state index contributed by atoms with van der Waals surface area (Å²) in [5, 5.41) is 8.98. The molecule has 0 radical (unpaired) electrons. The molecule has 2 saturated heterocycles. The first-order chi connectivity index (χ1) is 20.8. The number of rotatable bonds is 5. The van der Waals surface area contributed by atoms with E-state index in [1.54, 1.807) is 4.90 Å². The Balaban J connectivity index is 0.996. The van der Waals surface area contributed by atoms with E-state index in [2.05, 4.69) is 62.9 Å². The summed E-state index contributed by atoms with van der Waals surface area (Å²) in [6.45, 7) is 9.82. The van der Waals surface area contributed by atoms with E-state index >= 15 is 0 Å². The molecule has 43 heavy (non-hydrogen) atoms. The summed E-state index contributed by atoms with van der Waals surface area (Å²) >= 11 is 0. The Labute approximate surface area is 252 Å². The van der Waals surface area contributed by atoms with Gasteiger partial charge in [0.05, 0.1) is 11.7 Å². The van der Waals surface area contributed by atoms with Gasteiger partial charge in [-0.2, -0.15) is 5.10 Å². The lowest BCUT2D eigenvalue weighted by Gasteiger charge is -2.46. The molecular weight excluding hydrogens is 542 g/mol. The van der Waals surface area contributed by atoms with Crippen molar-refractivity contribution >= 4 is 28.6 Å². The van der Waals surface area contributed by atoms with Gasteiger partial charge in [-0.05, 0) is 81.3 Å². The summed E-state index contributed by atoms with van der Waals surface area (Å²) in [7, 11) is 0. The van der Waals surface area contributed by atoms with E-state index < -0.39 is 5.60 Å². The Morgan fingerprint density at radius 3 is 2.74 bits per heavy atom. The largest absolute Gasteiger partial charge is 0.444 e. The molecule has 4 aromatic rings. The molecule has 0 aliphatic carbocycles. The normalized spacial score (nSPS) is 19.6. The molecule has 0 saturated carbocycles. The molecule has 1 unspecified atom stereocenters. The summed E-state index contributed by atoms with van der Waals surface area (Å²) in [6, 6.07) is 13.1. The van der Waals surface area contributed by atoms with Gasteiger partial charge in [-0.25, -0.2) is 19.4 Å². The Bertz CT molecular complexity index is 1630. The maximum atomic E-state index is 12.3. The Morgan fingerprint density at radius 2 is 1.93 bits per heavy atom. The van der Waals surface area contributed by atoms with Crippen LogP contribution in [0.25, 0.3) is 22.0 Å². The van der Waals surface area contributed by atoms with Crippen molar-refractivity contribution in [2.45, 2.75) is 70.9 Å². The van der Waals surface area contributed by atoms with Gasteiger partial charge in [-0.15, -0.1) is 0 Å². The fraction of sp³-hybridized carbons (Fsp3) is 0.455. The molecule has 10 nitrogen and oxygen atoms in total. The van der Waals surface area contributed by atoms with Crippen LogP contribution in [0.15, 0.2) is 55.0 Å². The molecule has 3 aliphatic rings. The van der Waals surface area contributed by atoms with Crippen molar-refractivity contribution in [1.82, 2.24) is 29.5 Å². The zero-order chi connectivity index (χ0) is 29.6. The average Bonchev–Trinajstić information content (AvgIpc) is 3.46. The third kappa shape index (κ3) is 6.07. The van der Waals surface area contributed by atoms with Crippen LogP contribution in [0, 0.1) is 0 Å². The van der Waals surface area contributed by atoms with Crippen molar-refractivity contribution in [1.29, 1.82) is 0 Å². The van der Waals surface area contributed by atoms with Crippen molar-refractivity contribution < 1.29 is 14.3 Å². The van der Waals surface area contributed by atoms with Crippen LogP contribution in [0.4, 0.5) is 16.4 Å². The van der Waals surface area contributed by atoms with Crippen LogP contribution in [0.1, 0.15) is 57.4 Å². The van der Waals surface area contributed by atoms with E-state index in [0.717, 1.165) is 79.8 Å². The van der Waals surface area contributed by atoms with Gasteiger partial charge >= 0.3 is 6.09 Å². The molecule has 7 rings (SSSR count). The molecule has 10 heteroatoms. The number of likely N-dealkylation sites (tertiary alicyclic amines) is 1. The van der Waals surface area contributed by atoms with E-state index in [1.165, 1.54) is 17.5 Å². The quantitative estimate of drug-likeness (QED) is 0.311. The molecule has 5 heterocycles. The number of aromatic nitrogens is 4. The second kappa shape index (κ2) is 11.2. The number of ether oxygens (including phenoxy) is 2. The van der Waals surface area contributed by atoms with Gasteiger partial charge in [0.2, 0.25) is 5.95 Å². The number of hydrogen-bond donors (Lipinski definition) is 1. The maximum absolute atomic E-state index is 12.3. The number of carbonyl (C=O) groups is 1. The van der Waals surface area contributed by atoms with Crippen molar-refractivity contribution in [3.63, 3.8) is 0 Å². The van der Waals surface area contributed by atoms with E-state index in [0.29, 0.717) is 12.0 Å². The zero-order valence-electron chi connectivity index (χ0n) is 25.1. The van der Waals surface area contributed by atoms with Crippen LogP contribution in [0.3, 0.4) is 0 Å². The van der Waals surface area contributed by atoms with Crippen LogP contribution in [-0.2, 0) is 22.4 Å². The molecule has 0 bridgehead atoms. The van der Waals surface area contributed by atoms with Crippen LogP contribution >= 0.6 is 0 Å². The van der Waals surface area contributed by atoms with Gasteiger partial charge in [-0.1, -0.05) is 18.2 Å². The van der Waals surface area contributed by atoms with Crippen molar-refractivity contribution in [3.8, 4) is 11.1 Å². The standard InChI is InChI=1S/C33H39N7O3/c1-33(2,3)43-32(41)39-20-28(21-39)38-12-11-23-14-27(10-9-25(23)18-38)36-31-34-16-24-8-7-22(15-29(24)37-31)26-17-35-40(19-26)30-6-4-5-13-42-30/h7-10,14-17,19,28,30H,4-6,11-13,18,20-21H2,1-3H3,(H,34,36,37). The third-order valence-corrected chi connectivity index (χ3v) is 8.50. The van der Waals surface area contributed by atoms with Gasteiger partial charge in [0.1, 0.15) is 11.8 Å². The van der Waals surface area contributed by atoms with Gasteiger partial charge < -0.3 is 19.7 Å². The van der Waals surface area contributed by atoms with Crippen LogP contribution in [-0.4, -0.2) is 73.5 Å². The van der Waals surface area contributed by atoms with Crippen molar-refractivity contribution in [2.75, 3.05) is 31.6 Å². The molecule has 0 spiro atoms. The Morgan fingerprint density at radius 1 is 1.05 bits per heavy atom. The fourth-order valence-electron chi connectivity index (χ4n) is 6.10. The molecule has 1 amide bonds. The average molecular weight is 582 g/mol. The molecule has 2 fully saturated rings. The number of anilines is 2. The highest BCUT2D eigenvalue weighted by Gasteiger charge is 2.38. The van der Waals surface area contributed by atoms with Crippen LogP contribution in [0.5, 0.6) is 0 Å². The topological polar surface area (TPSA) is 97.6 Å². The van der Waals surface area contributed by atoms with E-state index in [4.69, 9.17) is 14.5 Å². The molecule has 2 aromatic carbocycles. The predicted molar refractivity (Wildman–Crippen MR) is 165 cm³/mol. The summed E-state index contributed by atoms with van der Waals surface area (Å²) < 4.78 is 13.3. The van der Waals surface area contributed by atoms with E-state index in [9.17, 15) is 4.79 Å². The van der Waals surface area contributed by atoms with Crippen molar-refractivity contribution in [3.05, 3.63) is 66.1 Å². The molecular formula is C33H39N7O3. The lowest BCUT2D eigenvalue weighted by Crippen LogP contribution is -2.62. The molecule has 3 aliphatic heterocycles. The summed E-state index contributed by atoms with van der Waals surface area (Å²) in [6.07, 6.45) is 9.88. The lowest BCUT2D eigenvalue weighted by atomic mass is 9.96. The predicted octanol–water partition coefficient (Wildman–Crippen LogP) is 5.91. The minimum absolute atomic E-state index is 0.0218. The number of fused-ring (bicyclic) bond motifs is 2. The minimum Gasteiger partial charge on any atom is -0.444 e. The van der Waals surface area contributed by atoms with Gasteiger partial charge in [0, 0.05) is 67.9 Å². The lowest BCUT2D eigenvalue weighted by molar-refractivity contribution is -0.0394. The molecule has 1 atom stereocenters. The number of carbonyl (C=O) groups excluding carboxylic acids is 1. The molecule has 1 N–H and O–H groups in total. The number of benzene rings is 2. The van der Waals surface area contributed by atoms with Gasteiger partial charge in [0.15, 0.2) is 0 Å². The Hall–Kier alpha value is -4.02. The monoisotopic (exact) mass is 581 g/mol. The van der Waals surface area contributed by atoms with Crippen molar-refractivity contribution in [2.24, 2.45) is 0 Å². The summed E-state index contributed by atoms with van der Waals surface area (Å²) in [5.74, 6) is 0.574. The highest BCUT2D eigenvalue weighted by atomic mass is 16.6. The van der Waals surface area contributed by atoms with Gasteiger partial charge in [-0.3, -0.25) is 4.90 Å². The first-order valence-corrected chi connectivity index (χ1v) is 15.3. The van der Waals surface area contributed by atoms with Crippen LogP contribution in [0.2, 0.25) is 0 Å². The van der Waals surface area contributed by atoms with E-state index in [1.807, 2.05) is 37.8 Å². The Kier molecular flexibility index (Phi) is 7.26. The SMILES string of the molecule is CC(C)(C)OC(=O)N1CC(N2CCc3cc(Nc4ncc5ccc(-c6cnn(C7CCCCO7)c6)cc5n4)ccc3C2)C1. The first-order valence-electron chi connectivity index (χ1n) is 15.3. The van der Waals surface area contributed by atoms with Gasteiger partial charge in [0.25, 0.3) is 0 Å². The first kappa shape index (κ1) is 27.8. The third-order valence-electron chi connectivity index (χ3n) is 8.50. The van der Waals surface area contributed by atoms with Crippen LogP contribution < -0.4 is 5.32 Å². The van der Waals surface area contributed by atoms with E-state index in [-0.39, 0.29) is 12.3 Å². The second-order valence-corrected chi connectivity index (χ2v) is 12.9. The number of amides is 1. The zero-order valence-corrected chi connectivity index (χ0v) is 25.1. The second-order valence-electron chi connectivity index (χ2n) is 12.9. The number of nitrogens with zero attached hydrogens (tertiary/aromatic N) is 6. The highest BCUT2D eigenvalue weighted by Crippen LogP contribution is 2.30. The number of nitrogens with one attached hydrogen (secondary N) is 1. The minimum atomic E-state index is -0.464. The summed E-state index contributed by atoms with van der Waals surface area (Å²) in [4.78, 5) is 26.0. The maximum Gasteiger partial charge on any atom is 0.410 e. The number of hydrogen-bond acceptors (Lipinski definition) is 8.